The van der Waals surface area contributed by atoms with Gasteiger partial charge in [0.25, 0.3) is 5.91 Å². The third kappa shape index (κ3) is 5.27. The molecule has 0 saturated heterocycles. The number of hydrogen-bond donors (Lipinski definition) is 1. The Morgan fingerprint density at radius 1 is 1.06 bits per heavy atom. The molecule has 0 atom stereocenters. The number of aromatic nitrogens is 2. The largest absolute Gasteiger partial charge is 0.461 e. The quantitative estimate of drug-likeness (QED) is 0.270. The zero-order chi connectivity index (χ0) is 22.3. The standard InChI is InChI=1S/C24H21N3O3S2/c1-2-30-24(29)21-13-14-27(26-21)18-11-9-17(10-12-18)25-23(28)20-7-3-4-8-22(20)32-16-19-6-5-15-31-19/h3-15H,2,16H2,1H3,(H,25,28). The summed E-state index contributed by atoms with van der Waals surface area (Å²) in [7, 11) is 0. The van der Waals surface area contributed by atoms with Crippen molar-refractivity contribution in [3.05, 3.63) is 94.4 Å². The van der Waals surface area contributed by atoms with Crippen molar-refractivity contribution < 1.29 is 14.3 Å². The number of carbonyl (C=O) groups excluding carboxylic acids is 2. The van der Waals surface area contributed by atoms with Crippen LogP contribution in [0.3, 0.4) is 0 Å². The molecule has 162 valence electrons. The molecule has 0 unspecified atom stereocenters. The minimum atomic E-state index is -0.453. The van der Waals surface area contributed by atoms with Gasteiger partial charge in [-0.15, -0.1) is 23.1 Å². The van der Waals surface area contributed by atoms with E-state index >= 15 is 0 Å². The van der Waals surface area contributed by atoms with Crippen molar-refractivity contribution in [3.8, 4) is 5.69 Å². The minimum absolute atomic E-state index is 0.157. The molecule has 1 amide bonds. The zero-order valence-electron chi connectivity index (χ0n) is 17.4. The average molecular weight is 464 g/mol. The third-order valence-corrected chi connectivity index (χ3v) is 6.73. The fraction of sp³-hybridized carbons (Fsp3) is 0.125. The summed E-state index contributed by atoms with van der Waals surface area (Å²) in [6.45, 7) is 2.05. The lowest BCUT2D eigenvalue weighted by atomic mass is 10.2. The Hall–Kier alpha value is -3.36. The minimum Gasteiger partial charge on any atom is -0.461 e. The summed E-state index contributed by atoms with van der Waals surface area (Å²) in [5.41, 5.74) is 2.34. The van der Waals surface area contributed by atoms with Gasteiger partial charge in [0, 0.05) is 27.4 Å². The molecular formula is C24H21N3O3S2. The van der Waals surface area contributed by atoms with Crippen LogP contribution in [0.25, 0.3) is 5.69 Å². The number of benzene rings is 2. The molecule has 0 spiro atoms. The van der Waals surface area contributed by atoms with Crippen LogP contribution in [0, 0.1) is 0 Å². The number of rotatable bonds is 8. The number of carbonyl (C=O) groups is 2. The Morgan fingerprint density at radius 3 is 2.62 bits per heavy atom. The highest BCUT2D eigenvalue weighted by Crippen LogP contribution is 2.28. The first-order valence-electron chi connectivity index (χ1n) is 10.0. The molecule has 0 aliphatic heterocycles. The SMILES string of the molecule is CCOC(=O)c1ccn(-c2ccc(NC(=O)c3ccccc3SCc3cccs3)cc2)n1. The topological polar surface area (TPSA) is 73.2 Å². The summed E-state index contributed by atoms with van der Waals surface area (Å²) < 4.78 is 6.56. The number of anilines is 1. The van der Waals surface area contributed by atoms with Gasteiger partial charge in [0.15, 0.2) is 5.69 Å². The number of nitrogens with one attached hydrogen (secondary N) is 1. The van der Waals surface area contributed by atoms with E-state index in [9.17, 15) is 9.59 Å². The Kier molecular flexibility index (Phi) is 7.03. The summed E-state index contributed by atoms with van der Waals surface area (Å²) in [5, 5.41) is 9.26. The fourth-order valence-corrected chi connectivity index (χ4v) is 4.82. The van der Waals surface area contributed by atoms with Crippen molar-refractivity contribution in [2.75, 3.05) is 11.9 Å². The van der Waals surface area contributed by atoms with Crippen molar-refractivity contribution in [1.29, 1.82) is 0 Å². The van der Waals surface area contributed by atoms with E-state index in [1.54, 1.807) is 59.1 Å². The van der Waals surface area contributed by atoms with Crippen LogP contribution in [0.15, 0.2) is 83.2 Å². The van der Waals surface area contributed by atoms with Gasteiger partial charge in [0.1, 0.15) is 0 Å². The molecule has 4 aromatic rings. The molecule has 0 radical (unpaired) electrons. The first kappa shape index (κ1) is 21.9. The van der Waals surface area contributed by atoms with Crippen LogP contribution in [0.4, 0.5) is 5.69 Å². The Bertz CT molecular complexity index is 1200. The van der Waals surface area contributed by atoms with E-state index < -0.39 is 5.97 Å². The monoisotopic (exact) mass is 463 g/mol. The molecular weight excluding hydrogens is 442 g/mol. The molecule has 0 aliphatic rings. The number of ether oxygens (including phenoxy) is 1. The van der Waals surface area contributed by atoms with E-state index in [1.165, 1.54) is 4.88 Å². The molecule has 1 N–H and O–H groups in total. The van der Waals surface area contributed by atoms with E-state index in [-0.39, 0.29) is 11.6 Å². The molecule has 0 saturated carbocycles. The predicted octanol–water partition coefficient (Wildman–Crippen LogP) is 5.66. The van der Waals surface area contributed by atoms with E-state index in [0.717, 1.165) is 16.3 Å². The summed E-state index contributed by atoms with van der Waals surface area (Å²) >= 11 is 3.36. The van der Waals surface area contributed by atoms with Crippen molar-refractivity contribution in [2.24, 2.45) is 0 Å². The van der Waals surface area contributed by atoms with Crippen molar-refractivity contribution in [2.45, 2.75) is 17.6 Å². The van der Waals surface area contributed by atoms with Gasteiger partial charge >= 0.3 is 5.97 Å². The summed E-state index contributed by atoms with van der Waals surface area (Å²) in [6.07, 6.45) is 1.70. The molecule has 32 heavy (non-hydrogen) atoms. The van der Waals surface area contributed by atoms with Crippen molar-refractivity contribution in [3.63, 3.8) is 0 Å². The Morgan fingerprint density at radius 2 is 1.88 bits per heavy atom. The second kappa shape index (κ2) is 10.3. The van der Waals surface area contributed by atoms with Gasteiger partial charge in [-0.2, -0.15) is 5.10 Å². The van der Waals surface area contributed by atoms with Crippen LogP contribution in [0.1, 0.15) is 32.6 Å². The number of thiophene rings is 1. The van der Waals surface area contributed by atoms with Gasteiger partial charge in [-0.1, -0.05) is 18.2 Å². The molecule has 4 rings (SSSR count). The summed E-state index contributed by atoms with van der Waals surface area (Å²) in [4.78, 5) is 26.9. The normalized spacial score (nSPS) is 10.7. The van der Waals surface area contributed by atoms with Crippen molar-refractivity contribution in [1.82, 2.24) is 9.78 Å². The van der Waals surface area contributed by atoms with Crippen molar-refractivity contribution >= 4 is 40.7 Å². The maximum Gasteiger partial charge on any atom is 0.358 e. The second-order valence-electron chi connectivity index (χ2n) is 6.73. The van der Waals surface area contributed by atoms with E-state index in [1.807, 2.05) is 42.5 Å². The maximum absolute atomic E-state index is 12.9. The van der Waals surface area contributed by atoms with Gasteiger partial charge in [-0.25, -0.2) is 9.48 Å². The lowest BCUT2D eigenvalue weighted by Gasteiger charge is -2.10. The third-order valence-electron chi connectivity index (χ3n) is 4.55. The molecule has 0 aliphatic carbocycles. The fourth-order valence-electron chi connectivity index (χ4n) is 3.00. The maximum atomic E-state index is 12.9. The predicted molar refractivity (Wildman–Crippen MR) is 128 cm³/mol. The van der Waals surface area contributed by atoms with Crippen LogP contribution >= 0.6 is 23.1 Å². The van der Waals surface area contributed by atoms with Gasteiger partial charge in [0.05, 0.1) is 17.9 Å². The van der Waals surface area contributed by atoms with Gasteiger partial charge in [-0.3, -0.25) is 4.79 Å². The first-order valence-corrected chi connectivity index (χ1v) is 11.9. The lowest BCUT2D eigenvalue weighted by molar-refractivity contribution is 0.0519. The number of amides is 1. The second-order valence-corrected chi connectivity index (χ2v) is 8.78. The highest BCUT2D eigenvalue weighted by atomic mass is 32.2. The number of hydrogen-bond acceptors (Lipinski definition) is 6. The summed E-state index contributed by atoms with van der Waals surface area (Å²) in [5.74, 6) is 0.218. The van der Waals surface area contributed by atoms with E-state index in [0.29, 0.717) is 17.9 Å². The highest BCUT2D eigenvalue weighted by Gasteiger charge is 2.13. The van der Waals surface area contributed by atoms with Gasteiger partial charge < -0.3 is 10.1 Å². The van der Waals surface area contributed by atoms with Crippen LogP contribution in [-0.4, -0.2) is 28.3 Å². The van der Waals surface area contributed by atoms with E-state index in [4.69, 9.17) is 4.74 Å². The zero-order valence-corrected chi connectivity index (χ0v) is 19.0. The molecule has 0 fully saturated rings. The smallest absolute Gasteiger partial charge is 0.358 e. The number of thioether (sulfide) groups is 1. The van der Waals surface area contributed by atoms with Crippen LogP contribution in [0.2, 0.25) is 0 Å². The van der Waals surface area contributed by atoms with Crippen LogP contribution in [0.5, 0.6) is 0 Å². The average Bonchev–Trinajstić information content (AvgIpc) is 3.51. The molecule has 2 aromatic heterocycles. The highest BCUT2D eigenvalue weighted by molar-refractivity contribution is 7.98. The van der Waals surface area contributed by atoms with Crippen LogP contribution in [-0.2, 0) is 10.5 Å². The lowest BCUT2D eigenvalue weighted by Crippen LogP contribution is -2.13. The number of esters is 1. The number of nitrogens with zero attached hydrogens (tertiary/aromatic N) is 2. The van der Waals surface area contributed by atoms with E-state index in [2.05, 4.69) is 21.9 Å². The molecule has 0 bridgehead atoms. The molecule has 8 heteroatoms. The Labute approximate surface area is 194 Å². The Balaban J connectivity index is 1.43. The molecule has 2 aromatic carbocycles. The van der Waals surface area contributed by atoms with Crippen LogP contribution < -0.4 is 5.32 Å². The molecule has 6 nitrogen and oxygen atoms in total. The van der Waals surface area contributed by atoms with Gasteiger partial charge in [-0.05, 0) is 60.8 Å². The first-order chi connectivity index (χ1) is 15.6. The molecule has 2 heterocycles. The summed E-state index contributed by atoms with van der Waals surface area (Å²) in [6, 6.07) is 20.6. The van der Waals surface area contributed by atoms with Gasteiger partial charge in [0.2, 0.25) is 0 Å².